The average Bonchev–Trinajstić information content (AvgIpc) is 2.94. The molecular formula is C18H18N2O4. The van der Waals surface area contributed by atoms with Gasteiger partial charge in [0.05, 0.1) is 12.1 Å². The first-order valence-electron chi connectivity index (χ1n) is 7.72. The second-order valence-corrected chi connectivity index (χ2v) is 5.33. The maximum absolute atomic E-state index is 12.3. The van der Waals surface area contributed by atoms with E-state index >= 15 is 0 Å². The van der Waals surface area contributed by atoms with Crippen molar-refractivity contribution in [2.75, 3.05) is 13.2 Å². The van der Waals surface area contributed by atoms with Gasteiger partial charge in [0.2, 0.25) is 5.91 Å². The van der Waals surface area contributed by atoms with Gasteiger partial charge >= 0.3 is 5.76 Å². The van der Waals surface area contributed by atoms with Crippen molar-refractivity contribution in [3.05, 3.63) is 65.1 Å². The molecule has 24 heavy (non-hydrogen) atoms. The number of oxazole rings is 1. The number of ether oxygens (including phenoxy) is 1. The topological polar surface area (TPSA) is 73.5 Å². The van der Waals surface area contributed by atoms with Crippen LogP contribution in [0.5, 0.6) is 5.75 Å². The number of nitrogens with one attached hydrogen (secondary N) is 1. The Morgan fingerprint density at radius 3 is 2.67 bits per heavy atom. The Balaban J connectivity index is 1.60. The van der Waals surface area contributed by atoms with Crippen LogP contribution in [0.1, 0.15) is 13.0 Å². The third-order valence-corrected chi connectivity index (χ3v) is 3.70. The van der Waals surface area contributed by atoms with Gasteiger partial charge in [0.25, 0.3) is 0 Å². The van der Waals surface area contributed by atoms with Crippen LogP contribution in [0.25, 0.3) is 11.1 Å². The second kappa shape index (κ2) is 7.04. The monoisotopic (exact) mass is 326 g/mol. The Kier molecular flexibility index (Phi) is 4.65. The number of hydrogen-bond donors (Lipinski definition) is 1. The van der Waals surface area contributed by atoms with Crippen molar-refractivity contribution in [3.8, 4) is 5.75 Å². The van der Waals surface area contributed by atoms with Crippen molar-refractivity contribution in [1.82, 2.24) is 9.88 Å². The lowest BCUT2D eigenvalue weighted by molar-refractivity contribution is -0.124. The molecular weight excluding hydrogens is 308 g/mol. The highest BCUT2D eigenvalue weighted by atomic mass is 16.5. The summed E-state index contributed by atoms with van der Waals surface area (Å²) in [6.45, 7) is 2.36. The summed E-state index contributed by atoms with van der Waals surface area (Å²) in [5, 5.41) is 2.77. The molecule has 0 aliphatic heterocycles. The number of nitrogens with zero attached hydrogens (tertiary/aromatic N) is 1. The largest absolute Gasteiger partial charge is 0.492 e. The van der Waals surface area contributed by atoms with E-state index < -0.39 is 11.8 Å². The number of benzene rings is 2. The van der Waals surface area contributed by atoms with E-state index in [1.165, 1.54) is 4.57 Å². The maximum atomic E-state index is 12.3. The molecule has 0 aliphatic carbocycles. The first-order chi connectivity index (χ1) is 11.7. The number of aromatic nitrogens is 1. The quantitative estimate of drug-likeness (QED) is 0.706. The molecule has 1 unspecified atom stereocenters. The number of hydrogen-bond acceptors (Lipinski definition) is 4. The van der Waals surface area contributed by atoms with Crippen LogP contribution in [-0.2, 0) is 4.79 Å². The summed E-state index contributed by atoms with van der Waals surface area (Å²) in [5.74, 6) is -0.0588. The summed E-state index contributed by atoms with van der Waals surface area (Å²) in [6, 6.07) is 15.7. The molecule has 3 rings (SSSR count). The SMILES string of the molecule is CC(C(=O)NCCOc1ccccc1)n1c(=O)oc2ccccc21. The van der Waals surface area contributed by atoms with Crippen LogP contribution in [0.3, 0.4) is 0 Å². The smallest absolute Gasteiger partial charge is 0.420 e. The summed E-state index contributed by atoms with van der Waals surface area (Å²) < 4.78 is 12.0. The van der Waals surface area contributed by atoms with Crippen LogP contribution in [0.15, 0.2) is 63.8 Å². The molecule has 0 radical (unpaired) electrons. The molecule has 0 bridgehead atoms. The number of carbonyl (C=O) groups excluding carboxylic acids is 1. The number of rotatable bonds is 6. The van der Waals surface area contributed by atoms with E-state index in [1.807, 2.05) is 30.3 Å². The minimum atomic E-state index is -0.669. The van der Waals surface area contributed by atoms with Crippen molar-refractivity contribution >= 4 is 17.0 Å². The molecule has 124 valence electrons. The zero-order chi connectivity index (χ0) is 16.9. The molecule has 2 aromatic carbocycles. The summed E-state index contributed by atoms with van der Waals surface area (Å²) in [6.07, 6.45) is 0. The van der Waals surface area contributed by atoms with Gasteiger partial charge in [-0.2, -0.15) is 0 Å². The molecule has 1 atom stereocenters. The van der Waals surface area contributed by atoms with Gasteiger partial charge < -0.3 is 14.5 Å². The lowest BCUT2D eigenvalue weighted by Crippen LogP contribution is -2.36. The van der Waals surface area contributed by atoms with Crippen LogP contribution in [-0.4, -0.2) is 23.6 Å². The minimum Gasteiger partial charge on any atom is -0.492 e. The Morgan fingerprint density at radius 2 is 1.88 bits per heavy atom. The Hall–Kier alpha value is -3.02. The normalized spacial score (nSPS) is 12.0. The fourth-order valence-corrected chi connectivity index (χ4v) is 2.48. The van der Waals surface area contributed by atoms with E-state index in [4.69, 9.17) is 9.15 Å². The summed E-state index contributed by atoms with van der Waals surface area (Å²) >= 11 is 0. The summed E-state index contributed by atoms with van der Waals surface area (Å²) in [7, 11) is 0. The number of amides is 1. The van der Waals surface area contributed by atoms with Crippen molar-refractivity contribution in [2.24, 2.45) is 0 Å². The van der Waals surface area contributed by atoms with Gasteiger partial charge in [-0.15, -0.1) is 0 Å². The first kappa shape index (κ1) is 15.9. The molecule has 3 aromatic rings. The highest BCUT2D eigenvalue weighted by Gasteiger charge is 2.20. The van der Waals surface area contributed by atoms with E-state index in [0.29, 0.717) is 24.3 Å². The molecule has 1 heterocycles. The molecule has 6 nitrogen and oxygen atoms in total. The van der Waals surface area contributed by atoms with Gasteiger partial charge in [0, 0.05) is 0 Å². The van der Waals surface area contributed by atoms with Crippen LogP contribution >= 0.6 is 0 Å². The van der Waals surface area contributed by atoms with Crippen LogP contribution in [0.2, 0.25) is 0 Å². The van der Waals surface area contributed by atoms with Crippen LogP contribution in [0.4, 0.5) is 0 Å². The minimum absolute atomic E-state index is 0.264. The number of para-hydroxylation sites is 3. The highest BCUT2D eigenvalue weighted by molar-refractivity contribution is 5.82. The molecule has 1 amide bonds. The van der Waals surface area contributed by atoms with Gasteiger partial charge in [-0.05, 0) is 31.2 Å². The third kappa shape index (κ3) is 3.32. The van der Waals surface area contributed by atoms with Gasteiger partial charge in [-0.1, -0.05) is 30.3 Å². The lowest BCUT2D eigenvalue weighted by atomic mass is 10.2. The van der Waals surface area contributed by atoms with E-state index in [2.05, 4.69) is 5.32 Å². The Bertz CT molecular complexity index is 883. The van der Waals surface area contributed by atoms with Crippen molar-refractivity contribution < 1.29 is 13.9 Å². The molecule has 0 spiro atoms. The predicted octanol–water partition coefficient (Wildman–Crippen LogP) is 2.35. The van der Waals surface area contributed by atoms with E-state index in [9.17, 15) is 9.59 Å². The zero-order valence-electron chi connectivity index (χ0n) is 13.3. The number of carbonyl (C=O) groups is 1. The average molecular weight is 326 g/mol. The van der Waals surface area contributed by atoms with Crippen molar-refractivity contribution in [2.45, 2.75) is 13.0 Å². The fourth-order valence-electron chi connectivity index (χ4n) is 2.48. The molecule has 0 aliphatic rings. The Morgan fingerprint density at radius 1 is 1.17 bits per heavy atom. The highest BCUT2D eigenvalue weighted by Crippen LogP contribution is 2.16. The Labute approximate surface area is 138 Å². The predicted molar refractivity (Wildman–Crippen MR) is 90.1 cm³/mol. The molecule has 0 fully saturated rings. The van der Waals surface area contributed by atoms with Gasteiger partial charge in [0.1, 0.15) is 18.4 Å². The van der Waals surface area contributed by atoms with Crippen molar-refractivity contribution in [1.29, 1.82) is 0 Å². The van der Waals surface area contributed by atoms with E-state index in [1.54, 1.807) is 31.2 Å². The first-order valence-corrected chi connectivity index (χ1v) is 7.72. The molecule has 6 heteroatoms. The second-order valence-electron chi connectivity index (χ2n) is 5.33. The van der Waals surface area contributed by atoms with Gasteiger partial charge in [-0.25, -0.2) is 4.79 Å². The maximum Gasteiger partial charge on any atom is 0.420 e. The third-order valence-electron chi connectivity index (χ3n) is 3.70. The molecule has 0 saturated heterocycles. The summed E-state index contributed by atoms with van der Waals surface area (Å²) in [4.78, 5) is 24.3. The fraction of sp³-hybridized carbons (Fsp3) is 0.222. The molecule has 0 saturated carbocycles. The standard InChI is InChI=1S/C18H18N2O4/c1-13(20-15-9-5-6-10-16(15)24-18(20)22)17(21)19-11-12-23-14-7-3-2-4-8-14/h2-10,13H,11-12H2,1H3,(H,19,21). The van der Waals surface area contributed by atoms with Gasteiger partial charge in [0.15, 0.2) is 5.58 Å². The zero-order valence-corrected chi connectivity index (χ0v) is 13.3. The summed E-state index contributed by atoms with van der Waals surface area (Å²) in [5.41, 5.74) is 1.07. The molecule has 1 N–H and O–H groups in total. The van der Waals surface area contributed by atoms with E-state index in [0.717, 1.165) is 5.75 Å². The van der Waals surface area contributed by atoms with E-state index in [-0.39, 0.29) is 5.91 Å². The van der Waals surface area contributed by atoms with Gasteiger partial charge in [-0.3, -0.25) is 9.36 Å². The lowest BCUT2D eigenvalue weighted by Gasteiger charge is -2.13. The van der Waals surface area contributed by atoms with Crippen LogP contribution < -0.4 is 15.8 Å². The van der Waals surface area contributed by atoms with Crippen molar-refractivity contribution in [3.63, 3.8) is 0 Å². The van der Waals surface area contributed by atoms with Crippen LogP contribution in [0, 0.1) is 0 Å². The molecule has 1 aromatic heterocycles. The number of fused-ring (bicyclic) bond motifs is 1.